The Morgan fingerprint density at radius 3 is 1.95 bits per heavy atom. The largest absolute Gasteiger partial charge is 0.328 e. The first kappa shape index (κ1) is 19.8. The van der Waals surface area contributed by atoms with Gasteiger partial charge in [-0.1, -0.05) is 12.2 Å². The zero-order valence-electron chi connectivity index (χ0n) is 13.4. The molecule has 2 N–H and O–H groups in total. The van der Waals surface area contributed by atoms with Crippen molar-refractivity contribution in [1.29, 1.82) is 0 Å². The van der Waals surface area contributed by atoms with Crippen molar-refractivity contribution in [1.82, 2.24) is 4.67 Å². The molecule has 0 bridgehead atoms. The summed E-state index contributed by atoms with van der Waals surface area (Å²) < 4.78 is 14.3. The SMILES string of the molecule is C=CCC(CC=C)OP(OCCN)N(C(C)C)C(C)C. The van der Waals surface area contributed by atoms with Crippen LogP contribution in [0.5, 0.6) is 0 Å². The number of rotatable bonds is 12. The molecule has 0 aliphatic carbocycles. The first-order chi connectivity index (χ1) is 9.47. The van der Waals surface area contributed by atoms with Crippen molar-refractivity contribution < 1.29 is 9.05 Å². The molecule has 0 radical (unpaired) electrons. The minimum Gasteiger partial charge on any atom is -0.328 e. The highest BCUT2D eigenvalue weighted by molar-refractivity contribution is 7.44. The summed E-state index contributed by atoms with van der Waals surface area (Å²) in [5.74, 6) is 0. The molecule has 0 aromatic rings. The minimum absolute atomic E-state index is 0.0638. The third-order valence-electron chi connectivity index (χ3n) is 2.66. The van der Waals surface area contributed by atoms with E-state index in [2.05, 4.69) is 45.5 Å². The Hall–Kier alpha value is -0.250. The molecule has 0 amide bonds. The zero-order chi connectivity index (χ0) is 15.5. The highest BCUT2D eigenvalue weighted by atomic mass is 31.2. The van der Waals surface area contributed by atoms with Gasteiger partial charge in [0.15, 0.2) is 0 Å². The standard InChI is InChI=1S/C15H31N2O2P/c1-7-9-15(10-8-2)19-20(18-12-11-16)17(13(3)4)14(5)6/h7-8,13-15H,1-2,9-12,16H2,3-6H3. The van der Waals surface area contributed by atoms with Crippen molar-refractivity contribution in [3.8, 4) is 0 Å². The van der Waals surface area contributed by atoms with Crippen LogP contribution in [0, 0.1) is 0 Å². The maximum absolute atomic E-state index is 6.19. The van der Waals surface area contributed by atoms with E-state index in [4.69, 9.17) is 14.8 Å². The number of hydrogen-bond acceptors (Lipinski definition) is 4. The van der Waals surface area contributed by atoms with E-state index in [1.165, 1.54) is 0 Å². The number of hydrogen-bond donors (Lipinski definition) is 1. The molecule has 0 saturated heterocycles. The molecule has 4 nitrogen and oxygen atoms in total. The quantitative estimate of drug-likeness (QED) is 0.439. The van der Waals surface area contributed by atoms with Crippen molar-refractivity contribution in [2.75, 3.05) is 13.2 Å². The number of nitrogens with zero attached hydrogens (tertiary/aromatic N) is 1. The molecule has 1 atom stereocenters. The van der Waals surface area contributed by atoms with Gasteiger partial charge in [-0.3, -0.25) is 0 Å². The van der Waals surface area contributed by atoms with Crippen LogP contribution in [-0.4, -0.2) is 36.0 Å². The van der Waals surface area contributed by atoms with Gasteiger partial charge in [0.1, 0.15) is 0 Å². The van der Waals surface area contributed by atoms with E-state index < -0.39 is 8.53 Å². The lowest BCUT2D eigenvalue weighted by Crippen LogP contribution is -2.35. The molecular formula is C15H31N2O2P. The average molecular weight is 302 g/mol. The highest BCUT2D eigenvalue weighted by Gasteiger charge is 2.29. The van der Waals surface area contributed by atoms with Crippen LogP contribution < -0.4 is 5.73 Å². The van der Waals surface area contributed by atoms with Gasteiger partial charge in [-0.05, 0) is 40.5 Å². The van der Waals surface area contributed by atoms with E-state index >= 15 is 0 Å². The molecule has 1 unspecified atom stereocenters. The Balaban J connectivity index is 4.89. The number of nitrogens with two attached hydrogens (primary N) is 1. The van der Waals surface area contributed by atoms with E-state index in [1.54, 1.807) is 0 Å². The van der Waals surface area contributed by atoms with Gasteiger partial charge in [-0.15, -0.1) is 13.2 Å². The summed E-state index contributed by atoms with van der Waals surface area (Å²) in [6, 6.07) is 0.707. The maximum atomic E-state index is 6.19. The summed E-state index contributed by atoms with van der Waals surface area (Å²) in [6.07, 6.45) is 5.40. The van der Waals surface area contributed by atoms with Gasteiger partial charge in [0.2, 0.25) is 0 Å². The lowest BCUT2D eigenvalue weighted by Gasteiger charge is -2.37. The van der Waals surface area contributed by atoms with Crippen molar-refractivity contribution in [3.05, 3.63) is 25.3 Å². The molecule has 0 aliphatic heterocycles. The van der Waals surface area contributed by atoms with Crippen LogP contribution >= 0.6 is 8.53 Å². The van der Waals surface area contributed by atoms with Gasteiger partial charge in [-0.2, -0.15) is 0 Å². The maximum Gasteiger partial charge on any atom is 0.259 e. The molecule has 118 valence electrons. The third-order valence-corrected chi connectivity index (χ3v) is 4.85. The Kier molecular flexibility index (Phi) is 11.3. The fraction of sp³-hybridized carbons (Fsp3) is 0.733. The van der Waals surface area contributed by atoms with Crippen LogP contribution in [0.1, 0.15) is 40.5 Å². The van der Waals surface area contributed by atoms with Gasteiger partial charge >= 0.3 is 0 Å². The van der Waals surface area contributed by atoms with E-state index in [1.807, 2.05) is 12.2 Å². The second-order valence-corrected chi connectivity index (χ2v) is 6.61. The van der Waals surface area contributed by atoms with Gasteiger partial charge in [0.05, 0.1) is 12.7 Å². The second kappa shape index (κ2) is 11.4. The predicted octanol–water partition coefficient (Wildman–Crippen LogP) is 3.84. The van der Waals surface area contributed by atoms with E-state index in [9.17, 15) is 0 Å². The summed E-state index contributed by atoms with van der Waals surface area (Å²) in [7, 11) is -1.11. The molecule has 0 aromatic heterocycles. The molecule has 0 fully saturated rings. The van der Waals surface area contributed by atoms with Crippen LogP contribution in [0.15, 0.2) is 25.3 Å². The second-order valence-electron chi connectivity index (χ2n) is 5.20. The summed E-state index contributed by atoms with van der Waals surface area (Å²) in [4.78, 5) is 0. The van der Waals surface area contributed by atoms with E-state index in [0.29, 0.717) is 25.2 Å². The van der Waals surface area contributed by atoms with Crippen molar-refractivity contribution in [3.63, 3.8) is 0 Å². The lowest BCUT2D eigenvalue weighted by atomic mass is 10.2. The van der Waals surface area contributed by atoms with Gasteiger partial charge in [0, 0.05) is 18.6 Å². The Labute approximate surface area is 126 Å². The summed E-state index contributed by atoms with van der Waals surface area (Å²) in [5, 5.41) is 0. The van der Waals surface area contributed by atoms with Crippen LogP contribution in [0.4, 0.5) is 0 Å². The van der Waals surface area contributed by atoms with Crippen molar-refractivity contribution in [2.45, 2.75) is 58.7 Å². The molecular weight excluding hydrogens is 271 g/mol. The average Bonchev–Trinajstić information content (AvgIpc) is 2.35. The van der Waals surface area contributed by atoms with E-state index in [0.717, 1.165) is 12.8 Å². The summed E-state index contributed by atoms with van der Waals surface area (Å²) >= 11 is 0. The van der Waals surface area contributed by atoms with Crippen LogP contribution in [0.3, 0.4) is 0 Å². The molecule has 0 spiro atoms. The zero-order valence-corrected chi connectivity index (χ0v) is 14.3. The Morgan fingerprint density at radius 2 is 1.60 bits per heavy atom. The summed E-state index contributed by atoms with van der Waals surface area (Å²) in [6.45, 7) is 17.2. The molecule has 20 heavy (non-hydrogen) atoms. The molecule has 0 aromatic carbocycles. The van der Waals surface area contributed by atoms with Gasteiger partial charge < -0.3 is 14.8 Å². The third kappa shape index (κ3) is 7.51. The summed E-state index contributed by atoms with van der Waals surface area (Å²) in [5.41, 5.74) is 5.56. The topological polar surface area (TPSA) is 47.7 Å². The molecule has 0 rings (SSSR count). The fourth-order valence-corrected chi connectivity index (χ4v) is 3.68. The van der Waals surface area contributed by atoms with Crippen LogP contribution in [0.25, 0.3) is 0 Å². The van der Waals surface area contributed by atoms with Crippen LogP contribution in [0.2, 0.25) is 0 Å². The first-order valence-electron chi connectivity index (χ1n) is 7.27. The normalized spacial score (nSPS) is 13.4. The smallest absolute Gasteiger partial charge is 0.259 e. The molecule has 0 heterocycles. The monoisotopic (exact) mass is 302 g/mol. The fourth-order valence-electron chi connectivity index (χ4n) is 1.94. The lowest BCUT2D eigenvalue weighted by molar-refractivity contribution is 0.135. The van der Waals surface area contributed by atoms with Crippen molar-refractivity contribution in [2.24, 2.45) is 5.73 Å². The minimum atomic E-state index is -1.11. The van der Waals surface area contributed by atoms with Gasteiger partial charge in [0.25, 0.3) is 8.53 Å². The first-order valence-corrected chi connectivity index (χ1v) is 8.40. The Bertz CT molecular complexity index is 255. The van der Waals surface area contributed by atoms with E-state index in [-0.39, 0.29) is 6.10 Å². The van der Waals surface area contributed by atoms with Gasteiger partial charge in [-0.25, -0.2) is 4.67 Å². The Morgan fingerprint density at radius 1 is 1.10 bits per heavy atom. The molecule has 5 heteroatoms. The molecule has 0 aliphatic rings. The van der Waals surface area contributed by atoms with Crippen LogP contribution in [-0.2, 0) is 9.05 Å². The highest BCUT2D eigenvalue weighted by Crippen LogP contribution is 2.47. The van der Waals surface area contributed by atoms with Crippen molar-refractivity contribution >= 4 is 8.53 Å². The predicted molar refractivity (Wildman–Crippen MR) is 88.5 cm³/mol. The molecule has 0 saturated carbocycles.